The van der Waals surface area contributed by atoms with Gasteiger partial charge >= 0.3 is 0 Å². The lowest BCUT2D eigenvalue weighted by Gasteiger charge is -2.19. The van der Waals surface area contributed by atoms with E-state index in [-0.39, 0.29) is 0 Å². The molecule has 0 radical (unpaired) electrons. The highest BCUT2D eigenvalue weighted by Crippen LogP contribution is 2.56. The van der Waals surface area contributed by atoms with Crippen molar-refractivity contribution in [2.24, 2.45) is 0 Å². The van der Waals surface area contributed by atoms with Gasteiger partial charge in [-0.25, -0.2) is 0 Å². The summed E-state index contributed by atoms with van der Waals surface area (Å²) in [5.74, 6) is 0. The predicted octanol–water partition coefficient (Wildman–Crippen LogP) is 18.7. The van der Waals surface area contributed by atoms with Gasteiger partial charge in [0.25, 0.3) is 0 Å². The quantitative estimate of drug-likeness (QED) is 0.156. The molecule has 0 unspecified atom stereocenters. The van der Waals surface area contributed by atoms with Crippen LogP contribution in [-0.2, 0) is 0 Å². The van der Waals surface area contributed by atoms with Gasteiger partial charge in [0.05, 0.1) is 0 Å². The van der Waals surface area contributed by atoms with Crippen LogP contribution in [0.4, 0.5) is 0 Å². The van der Waals surface area contributed by atoms with E-state index in [9.17, 15) is 0 Å². The normalized spacial score (nSPS) is 12.5. The number of rotatable bonds is 3. The van der Waals surface area contributed by atoms with Gasteiger partial charge in [0, 0.05) is 20.2 Å². The lowest BCUT2D eigenvalue weighted by atomic mass is 9.84. The largest absolute Gasteiger partial charge is 0.135 e. The van der Waals surface area contributed by atoms with E-state index in [0.29, 0.717) is 0 Å². The minimum Gasteiger partial charge on any atom is -0.135 e. The molecule has 300 valence electrons. The van der Waals surface area contributed by atoms with Crippen LogP contribution in [0.5, 0.6) is 0 Å². The SMILES string of the molecule is Cc1cc2c3c(cc(C)c(-c4ccc5c(c4)sc4ccccc45)c3c1)-c1cc3c(cc1-2)c(-c1ccccc1)cc1c2cc4c(cc2c(-c2ccccc2)cc31)-c1cccc2cccc-4c12. The average molecular weight is 839 g/mol. The van der Waals surface area contributed by atoms with Crippen molar-refractivity contribution in [2.75, 3.05) is 0 Å². The summed E-state index contributed by atoms with van der Waals surface area (Å²) in [6, 6.07) is 74.1. The van der Waals surface area contributed by atoms with Crippen molar-refractivity contribution in [3.8, 4) is 77.9 Å². The van der Waals surface area contributed by atoms with Crippen LogP contribution >= 0.6 is 11.3 Å². The summed E-state index contributed by atoms with van der Waals surface area (Å²) < 4.78 is 2.68. The van der Waals surface area contributed by atoms with Gasteiger partial charge in [-0.05, 0) is 205 Å². The van der Waals surface area contributed by atoms with Gasteiger partial charge in [0.2, 0.25) is 0 Å². The summed E-state index contributed by atoms with van der Waals surface area (Å²) in [6.45, 7) is 4.59. The molecule has 0 spiro atoms. The Bertz CT molecular complexity index is 4280. The highest BCUT2D eigenvalue weighted by Gasteiger charge is 2.28. The van der Waals surface area contributed by atoms with E-state index in [0.717, 1.165) is 0 Å². The number of hydrogen-bond donors (Lipinski definition) is 0. The Hall–Kier alpha value is -7.84. The molecule has 15 rings (SSSR count). The first-order chi connectivity index (χ1) is 32.0. The summed E-state index contributed by atoms with van der Waals surface area (Å²) in [7, 11) is 0. The van der Waals surface area contributed by atoms with E-state index in [4.69, 9.17) is 0 Å². The van der Waals surface area contributed by atoms with E-state index >= 15 is 0 Å². The Morgan fingerprint density at radius 2 is 0.800 bits per heavy atom. The van der Waals surface area contributed by atoms with E-state index in [1.807, 2.05) is 11.3 Å². The van der Waals surface area contributed by atoms with Gasteiger partial charge in [0.15, 0.2) is 0 Å². The summed E-state index contributed by atoms with van der Waals surface area (Å²) >= 11 is 1.90. The molecule has 0 bridgehead atoms. The maximum atomic E-state index is 2.55. The van der Waals surface area contributed by atoms with Gasteiger partial charge < -0.3 is 0 Å². The van der Waals surface area contributed by atoms with Crippen molar-refractivity contribution in [1.29, 1.82) is 0 Å². The van der Waals surface area contributed by atoms with Crippen molar-refractivity contribution in [3.63, 3.8) is 0 Å². The second kappa shape index (κ2) is 12.9. The van der Waals surface area contributed by atoms with Crippen LogP contribution in [0.25, 0.3) is 152 Å². The molecule has 0 amide bonds. The van der Waals surface area contributed by atoms with Crippen molar-refractivity contribution in [1.82, 2.24) is 0 Å². The molecule has 12 aromatic carbocycles. The third kappa shape index (κ3) is 4.86. The van der Waals surface area contributed by atoms with Crippen LogP contribution in [0.2, 0.25) is 0 Å². The maximum Gasteiger partial charge on any atom is 0.0361 e. The van der Waals surface area contributed by atoms with E-state index in [2.05, 4.69) is 208 Å². The molecule has 13 aromatic rings. The molecule has 0 nitrogen and oxygen atoms in total. The second-order valence-corrected chi connectivity index (χ2v) is 19.5. The topological polar surface area (TPSA) is 0 Å². The number of thiophene rings is 1. The minimum atomic E-state index is 1.23. The maximum absolute atomic E-state index is 2.55. The van der Waals surface area contributed by atoms with Crippen LogP contribution in [0, 0.1) is 13.8 Å². The molecule has 0 aliphatic heterocycles. The van der Waals surface area contributed by atoms with Crippen LogP contribution in [-0.4, -0.2) is 0 Å². The van der Waals surface area contributed by atoms with Gasteiger partial charge in [-0.1, -0.05) is 146 Å². The standard InChI is InChI=1S/C64H38S/c1-35-25-57-55-33-50-46(38-15-7-4-8-16-38)30-51-52(29-45(37-13-5-3-6-14-37)49-31-47-43-20-11-17-39-18-12-21-44(63(39)43)48(47)32-53(49)51)54(50)34-56(55)58-27-36(2)62(59(26-35)64(57)58)40-23-24-42-41-19-9-10-22-60(41)65-61(42)28-40/h3-34H,1-2H3. The molecule has 65 heavy (non-hydrogen) atoms. The van der Waals surface area contributed by atoms with Crippen molar-refractivity contribution in [2.45, 2.75) is 13.8 Å². The molecule has 2 aliphatic carbocycles. The van der Waals surface area contributed by atoms with Gasteiger partial charge in [-0.3, -0.25) is 0 Å². The Labute approximate surface area is 380 Å². The van der Waals surface area contributed by atoms with Crippen LogP contribution in [0.15, 0.2) is 194 Å². The molecule has 0 N–H and O–H groups in total. The first kappa shape index (κ1) is 35.6. The second-order valence-electron chi connectivity index (χ2n) is 18.4. The van der Waals surface area contributed by atoms with Crippen molar-refractivity contribution >= 4 is 85.4 Å². The van der Waals surface area contributed by atoms with Gasteiger partial charge in [-0.15, -0.1) is 11.3 Å². The third-order valence-corrected chi connectivity index (χ3v) is 16.0. The minimum absolute atomic E-state index is 1.23. The fourth-order valence-corrected chi connectivity index (χ4v) is 13.2. The number of aryl methyl sites for hydroxylation is 2. The number of hydrogen-bond acceptors (Lipinski definition) is 1. The highest BCUT2D eigenvalue weighted by molar-refractivity contribution is 7.25. The zero-order chi connectivity index (χ0) is 42.7. The van der Waals surface area contributed by atoms with Crippen LogP contribution in [0.1, 0.15) is 11.1 Å². The monoisotopic (exact) mass is 838 g/mol. The van der Waals surface area contributed by atoms with Gasteiger partial charge in [0.1, 0.15) is 0 Å². The highest BCUT2D eigenvalue weighted by atomic mass is 32.1. The average Bonchev–Trinajstić information content (AvgIpc) is 3.98. The van der Waals surface area contributed by atoms with E-state index in [1.165, 1.54) is 163 Å². The molecule has 0 atom stereocenters. The smallest absolute Gasteiger partial charge is 0.0361 e. The summed E-state index contributed by atoms with van der Waals surface area (Å²) in [4.78, 5) is 0. The molecular formula is C64H38S. The van der Waals surface area contributed by atoms with E-state index < -0.39 is 0 Å². The van der Waals surface area contributed by atoms with Crippen LogP contribution < -0.4 is 0 Å². The number of fused-ring (bicyclic) bond motifs is 14. The van der Waals surface area contributed by atoms with E-state index in [1.54, 1.807) is 0 Å². The zero-order valence-electron chi connectivity index (χ0n) is 35.9. The Morgan fingerprint density at radius 3 is 1.45 bits per heavy atom. The predicted molar refractivity (Wildman–Crippen MR) is 282 cm³/mol. The zero-order valence-corrected chi connectivity index (χ0v) is 36.7. The number of benzene rings is 12. The first-order valence-electron chi connectivity index (χ1n) is 22.7. The lowest BCUT2D eigenvalue weighted by Crippen LogP contribution is -1.91. The summed E-state index contributed by atoms with van der Waals surface area (Å²) in [5.41, 5.74) is 20.8. The molecule has 0 saturated carbocycles. The van der Waals surface area contributed by atoms with Crippen LogP contribution in [0.3, 0.4) is 0 Å². The van der Waals surface area contributed by atoms with Crippen molar-refractivity contribution < 1.29 is 0 Å². The fourth-order valence-electron chi connectivity index (χ4n) is 12.1. The third-order valence-electron chi connectivity index (χ3n) is 14.8. The summed E-state index contributed by atoms with van der Waals surface area (Å²) in [6.07, 6.45) is 0. The lowest BCUT2D eigenvalue weighted by molar-refractivity contribution is 1.48. The molecule has 0 saturated heterocycles. The van der Waals surface area contributed by atoms with Crippen molar-refractivity contribution in [3.05, 3.63) is 205 Å². The fraction of sp³-hybridized carbons (Fsp3) is 0.0312. The Kier molecular flexibility index (Phi) is 7.06. The molecule has 1 heterocycles. The Balaban J connectivity index is 1.04. The molecule has 1 heteroatoms. The molecule has 0 fully saturated rings. The van der Waals surface area contributed by atoms with Gasteiger partial charge in [-0.2, -0.15) is 0 Å². The molecular weight excluding hydrogens is 801 g/mol. The first-order valence-corrected chi connectivity index (χ1v) is 23.5. The molecule has 2 aliphatic rings. The molecule has 1 aromatic heterocycles. The summed E-state index contributed by atoms with van der Waals surface area (Å²) in [5, 5.41) is 15.8. The Morgan fingerprint density at radius 1 is 0.277 bits per heavy atom.